The molecule has 0 aliphatic heterocycles. The van der Waals surface area contributed by atoms with Crippen LogP contribution in [-0.4, -0.2) is 15.9 Å². The van der Waals surface area contributed by atoms with Crippen LogP contribution in [0.3, 0.4) is 0 Å². The molecule has 0 saturated heterocycles. The molecule has 4 nitrogen and oxygen atoms in total. The zero-order valence-corrected chi connectivity index (χ0v) is 11.7. The summed E-state index contributed by atoms with van der Waals surface area (Å²) in [4.78, 5) is 4.33. The molecule has 17 heavy (non-hydrogen) atoms. The molecule has 0 aliphatic carbocycles. The van der Waals surface area contributed by atoms with E-state index in [1.165, 1.54) is 0 Å². The predicted molar refractivity (Wildman–Crippen MR) is 73.7 cm³/mol. The van der Waals surface area contributed by atoms with E-state index in [0.29, 0.717) is 11.6 Å². The Morgan fingerprint density at radius 2 is 2.29 bits per heavy atom. The fourth-order valence-corrected chi connectivity index (χ4v) is 2.17. The second-order valence-electron chi connectivity index (χ2n) is 3.39. The Kier molecular flexibility index (Phi) is 4.06. The van der Waals surface area contributed by atoms with E-state index >= 15 is 0 Å². The lowest BCUT2D eigenvalue weighted by Crippen LogP contribution is -1.87. The molecule has 0 saturated carbocycles. The highest BCUT2D eigenvalue weighted by Gasteiger charge is 2.09. The van der Waals surface area contributed by atoms with E-state index in [-0.39, 0.29) is 0 Å². The van der Waals surface area contributed by atoms with E-state index < -0.39 is 0 Å². The molecule has 0 unspecified atom stereocenters. The van der Waals surface area contributed by atoms with Crippen molar-refractivity contribution in [3.63, 3.8) is 0 Å². The van der Waals surface area contributed by atoms with Gasteiger partial charge in [-0.25, -0.2) is 0 Å². The third-order valence-electron chi connectivity index (χ3n) is 2.15. The van der Waals surface area contributed by atoms with E-state index in [0.717, 1.165) is 27.4 Å². The zero-order chi connectivity index (χ0) is 12.3. The van der Waals surface area contributed by atoms with Crippen molar-refractivity contribution in [2.45, 2.75) is 12.7 Å². The Bertz CT molecular complexity index is 515. The van der Waals surface area contributed by atoms with E-state index in [4.69, 9.17) is 10.3 Å². The maximum Gasteiger partial charge on any atom is 0.257 e. The second kappa shape index (κ2) is 5.55. The van der Waals surface area contributed by atoms with Gasteiger partial charge in [0.1, 0.15) is 0 Å². The van der Waals surface area contributed by atoms with Crippen LogP contribution in [0.15, 0.2) is 27.2 Å². The van der Waals surface area contributed by atoms with Gasteiger partial charge in [0.25, 0.3) is 5.89 Å². The molecule has 6 heteroatoms. The maximum atomic E-state index is 5.72. The lowest BCUT2D eigenvalue weighted by atomic mass is 10.2. The third kappa shape index (κ3) is 3.01. The van der Waals surface area contributed by atoms with Crippen LogP contribution in [0.25, 0.3) is 11.5 Å². The summed E-state index contributed by atoms with van der Waals surface area (Å²) < 4.78 is 6.04. The quantitative estimate of drug-likeness (QED) is 0.877. The van der Waals surface area contributed by atoms with Crippen LogP contribution in [0.5, 0.6) is 0 Å². The number of anilines is 1. The number of aromatic nitrogens is 2. The van der Waals surface area contributed by atoms with Gasteiger partial charge in [-0.05, 0) is 39.9 Å². The van der Waals surface area contributed by atoms with Gasteiger partial charge in [0.2, 0.25) is 0 Å². The van der Waals surface area contributed by atoms with Gasteiger partial charge in [0.15, 0.2) is 5.82 Å². The normalized spacial score (nSPS) is 10.7. The molecule has 0 bridgehead atoms. The number of hydrogen-bond donors (Lipinski definition) is 1. The number of nitrogens with zero attached hydrogens (tertiary/aromatic N) is 2. The second-order valence-corrected chi connectivity index (χ2v) is 5.52. The van der Waals surface area contributed by atoms with Crippen molar-refractivity contribution >= 4 is 33.4 Å². The first-order valence-corrected chi connectivity index (χ1v) is 7.11. The molecule has 1 heterocycles. The lowest BCUT2D eigenvalue weighted by Gasteiger charge is -1.99. The van der Waals surface area contributed by atoms with Crippen molar-refractivity contribution in [1.29, 1.82) is 0 Å². The molecular weight excluding hydrogens is 302 g/mol. The summed E-state index contributed by atoms with van der Waals surface area (Å²) in [6, 6.07) is 5.55. The van der Waals surface area contributed by atoms with E-state index in [1.807, 2.05) is 18.2 Å². The monoisotopic (exact) mass is 313 g/mol. The highest BCUT2D eigenvalue weighted by atomic mass is 79.9. The van der Waals surface area contributed by atoms with Gasteiger partial charge in [-0.15, -0.1) is 0 Å². The molecule has 2 rings (SSSR count). The third-order valence-corrected chi connectivity index (χ3v) is 3.71. The Balaban J connectivity index is 2.21. The van der Waals surface area contributed by atoms with Crippen LogP contribution in [-0.2, 0) is 5.75 Å². The van der Waals surface area contributed by atoms with E-state index in [9.17, 15) is 0 Å². The van der Waals surface area contributed by atoms with Gasteiger partial charge in [-0.2, -0.15) is 16.7 Å². The standard InChI is InChI=1S/C11H12BrN3OS/c1-2-17-6-10-14-11(16-15-10)7-3-4-9(13)8(12)5-7/h3-5H,2,6,13H2,1H3. The number of thioether (sulfide) groups is 1. The molecule has 90 valence electrons. The Morgan fingerprint density at radius 3 is 3.00 bits per heavy atom. The van der Waals surface area contributed by atoms with Crippen molar-refractivity contribution in [1.82, 2.24) is 10.1 Å². The first kappa shape index (κ1) is 12.4. The lowest BCUT2D eigenvalue weighted by molar-refractivity contribution is 0.425. The molecule has 1 aromatic heterocycles. The van der Waals surface area contributed by atoms with Gasteiger partial charge >= 0.3 is 0 Å². The Hall–Kier alpha value is -1.01. The fraction of sp³-hybridized carbons (Fsp3) is 0.273. The minimum absolute atomic E-state index is 0.525. The maximum absolute atomic E-state index is 5.72. The molecule has 0 radical (unpaired) electrons. The van der Waals surface area contributed by atoms with E-state index in [2.05, 4.69) is 33.0 Å². The number of hydrogen-bond acceptors (Lipinski definition) is 5. The summed E-state index contributed by atoms with van der Waals surface area (Å²) in [6.45, 7) is 2.10. The van der Waals surface area contributed by atoms with Crippen molar-refractivity contribution in [3.8, 4) is 11.5 Å². The molecule has 0 spiro atoms. The average molecular weight is 314 g/mol. The van der Waals surface area contributed by atoms with Crippen LogP contribution < -0.4 is 5.73 Å². The summed E-state index contributed by atoms with van der Waals surface area (Å²) in [6.07, 6.45) is 0. The minimum atomic E-state index is 0.525. The summed E-state index contributed by atoms with van der Waals surface area (Å²) >= 11 is 5.13. The van der Waals surface area contributed by atoms with Crippen LogP contribution in [0, 0.1) is 0 Å². The van der Waals surface area contributed by atoms with E-state index in [1.54, 1.807) is 11.8 Å². The van der Waals surface area contributed by atoms with Crippen LogP contribution in [0.4, 0.5) is 5.69 Å². The van der Waals surface area contributed by atoms with Gasteiger partial charge in [-0.3, -0.25) is 0 Å². The molecule has 1 aromatic carbocycles. The van der Waals surface area contributed by atoms with Crippen molar-refractivity contribution in [3.05, 3.63) is 28.5 Å². The molecule has 0 amide bonds. The number of nitrogen functional groups attached to an aromatic ring is 1. The average Bonchev–Trinajstić information content (AvgIpc) is 2.79. The minimum Gasteiger partial charge on any atom is -0.398 e. The number of halogens is 1. The summed E-state index contributed by atoms with van der Waals surface area (Å²) in [5.74, 6) is 3.06. The first-order valence-electron chi connectivity index (χ1n) is 5.16. The SMILES string of the molecule is CCSCc1noc(-c2ccc(N)c(Br)c2)n1. The molecule has 0 aliphatic rings. The van der Waals surface area contributed by atoms with Gasteiger partial charge in [0.05, 0.1) is 5.75 Å². The van der Waals surface area contributed by atoms with Crippen molar-refractivity contribution in [2.24, 2.45) is 0 Å². The molecular formula is C11H12BrN3OS. The smallest absolute Gasteiger partial charge is 0.257 e. The number of benzene rings is 1. The summed E-state index contributed by atoms with van der Waals surface area (Å²) in [5, 5.41) is 3.93. The molecule has 2 N–H and O–H groups in total. The highest BCUT2D eigenvalue weighted by molar-refractivity contribution is 9.10. The topological polar surface area (TPSA) is 64.9 Å². The molecule has 2 aromatic rings. The van der Waals surface area contributed by atoms with Crippen LogP contribution in [0.2, 0.25) is 0 Å². The summed E-state index contributed by atoms with van der Waals surface area (Å²) in [7, 11) is 0. The number of rotatable bonds is 4. The highest BCUT2D eigenvalue weighted by Crippen LogP contribution is 2.26. The largest absolute Gasteiger partial charge is 0.398 e. The summed E-state index contributed by atoms with van der Waals surface area (Å²) in [5.41, 5.74) is 7.28. The molecule has 0 fully saturated rings. The predicted octanol–water partition coefficient (Wildman–Crippen LogP) is 3.33. The Morgan fingerprint density at radius 1 is 1.47 bits per heavy atom. The van der Waals surface area contributed by atoms with Crippen LogP contribution in [0.1, 0.15) is 12.7 Å². The van der Waals surface area contributed by atoms with Gasteiger partial charge in [-0.1, -0.05) is 12.1 Å². The van der Waals surface area contributed by atoms with Crippen molar-refractivity contribution < 1.29 is 4.52 Å². The fourth-order valence-electron chi connectivity index (χ4n) is 1.28. The van der Waals surface area contributed by atoms with Gasteiger partial charge in [0, 0.05) is 15.7 Å². The number of nitrogens with two attached hydrogens (primary N) is 1. The van der Waals surface area contributed by atoms with Crippen LogP contribution >= 0.6 is 27.7 Å². The molecule has 0 atom stereocenters. The Labute approximate surface area is 112 Å². The zero-order valence-electron chi connectivity index (χ0n) is 9.31. The van der Waals surface area contributed by atoms with Gasteiger partial charge < -0.3 is 10.3 Å². The van der Waals surface area contributed by atoms with Crippen molar-refractivity contribution in [2.75, 3.05) is 11.5 Å². The first-order chi connectivity index (χ1) is 8.20.